The number of halogens is 2. The number of hydrogen-bond donors (Lipinski definition) is 2. The first-order valence-corrected chi connectivity index (χ1v) is 6.28. The van der Waals surface area contributed by atoms with Crippen molar-refractivity contribution in [1.82, 2.24) is 5.32 Å². The Labute approximate surface area is 103 Å². The molecule has 1 unspecified atom stereocenters. The maximum absolute atomic E-state index is 13.4. The number of benzene rings is 1. The zero-order valence-corrected chi connectivity index (χ0v) is 10.8. The first-order valence-electron chi connectivity index (χ1n) is 5.49. The minimum atomic E-state index is -0.550. The molecule has 0 aromatic heterocycles. The molecule has 0 spiro atoms. The van der Waals surface area contributed by atoms with Crippen LogP contribution in [0.5, 0.6) is 5.75 Å². The zero-order valence-electron chi connectivity index (χ0n) is 9.19. The van der Waals surface area contributed by atoms with Crippen molar-refractivity contribution in [3.63, 3.8) is 0 Å². The summed E-state index contributed by atoms with van der Waals surface area (Å²) in [5, 5.41) is 13.1. The van der Waals surface area contributed by atoms with Gasteiger partial charge in [0.05, 0.1) is 0 Å². The van der Waals surface area contributed by atoms with Gasteiger partial charge < -0.3 is 10.4 Å². The second-order valence-electron chi connectivity index (χ2n) is 4.29. The molecule has 2 rings (SSSR count). The number of rotatable bonds is 2. The van der Waals surface area contributed by atoms with Crippen LogP contribution in [0.3, 0.4) is 0 Å². The van der Waals surface area contributed by atoms with Gasteiger partial charge in [-0.25, -0.2) is 4.39 Å². The maximum atomic E-state index is 13.4. The van der Waals surface area contributed by atoms with E-state index in [0.29, 0.717) is 18.0 Å². The van der Waals surface area contributed by atoms with E-state index in [4.69, 9.17) is 0 Å². The summed E-state index contributed by atoms with van der Waals surface area (Å²) in [5.74, 6) is -0.750. The van der Waals surface area contributed by atoms with Gasteiger partial charge in [0.15, 0.2) is 11.6 Å². The third-order valence-electron chi connectivity index (χ3n) is 3.19. The lowest BCUT2D eigenvalue weighted by Crippen LogP contribution is -2.24. The molecule has 1 fully saturated rings. The second-order valence-corrected chi connectivity index (χ2v) is 5.14. The lowest BCUT2D eigenvalue weighted by molar-refractivity contribution is 0.420. The summed E-state index contributed by atoms with van der Waals surface area (Å²) in [6, 6.07) is 1.68. The molecule has 1 aliphatic heterocycles. The summed E-state index contributed by atoms with van der Waals surface area (Å²) in [6.07, 6.45) is 2.93. The van der Waals surface area contributed by atoms with Crippen LogP contribution in [-0.2, 0) is 6.42 Å². The van der Waals surface area contributed by atoms with Gasteiger partial charge in [-0.15, -0.1) is 0 Å². The van der Waals surface area contributed by atoms with E-state index in [-0.39, 0.29) is 5.75 Å². The molecular formula is C12H15BrFNO. The van der Waals surface area contributed by atoms with Crippen molar-refractivity contribution >= 4 is 15.9 Å². The third-order valence-corrected chi connectivity index (χ3v) is 4.01. The summed E-state index contributed by atoms with van der Waals surface area (Å²) in [4.78, 5) is 0. The first kappa shape index (κ1) is 11.9. The molecule has 1 aliphatic rings. The highest BCUT2D eigenvalue weighted by Crippen LogP contribution is 2.32. The van der Waals surface area contributed by atoms with Crippen molar-refractivity contribution in [2.75, 3.05) is 6.54 Å². The van der Waals surface area contributed by atoms with Gasteiger partial charge in [0.2, 0.25) is 0 Å². The molecule has 1 atom stereocenters. The average Bonchev–Trinajstić information content (AvgIpc) is 2.74. The SMILES string of the molecule is Cc1c(Br)cc(F)c(O)c1CC1CCCN1. The van der Waals surface area contributed by atoms with Crippen LogP contribution in [0.1, 0.15) is 24.0 Å². The van der Waals surface area contributed by atoms with Gasteiger partial charge in [0.25, 0.3) is 0 Å². The molecule has 0 amide bonds. The molecule has 2 nitrogen and oxygen atoms in total. The zero-order chi connectivity index (χ0) is 11.7. The minimum Gasteiger partial charge on any atom is -0.505 e. The predicted octanol–water partition coefficient (Wildman–Crippen LogP) is 2.90. The monoisotopic (exact) mass is 287 g/mol. The van der Waals surface area contributed by atoms with Crippen molar-refractivity contribution in [1.29, 1.82) is 0 Å². The number of aromatic hydroxyl groups is 1. The molecule has 16 heavy (non-hydrogen) atoms. The van der Waals surface area contributed by atoms with Gasteiger partial charge in [0.1, 0.15) is 0 Å². The number of nitrogens with one attached hydrogen (secondary N) is 1. The summed E-state index contributed by atoms with van der Waals surface area (Å²) in [7, 11) is 0. The molecule has 1 aromatic carbocycles. The fraction of sp³-hybridized carbons (Fsp3) is 0.500. The standard InChI is InChI=1S/C12H15BrFNO/c1-7-9(5-8-3-2-4-15-8)12(16)11(14)6-10(7)13/h6,8,15-16H,2-5H2,1H3. The van der Waals surface area contributed by atoms with E-state index >= 15 is 0 Å². The largest absolute Gasteiger partial charge is 0.505 e. The van der Waals surface area contributed by atoms with Crippen LogP contribution in [0.4, 0.5) is 4.39 Å². The lowest BCUT2D eigenvalue weighted by Gasteiger charge is -2.15. The molecule has 1 aromatic rings. The number of phenols is 1. The molecule has 2 N–H and O–H groups in total. The quantitative estimate of drug-likeness (QED) is 0.877. The Morgan fingerprint density at radius 3 is 3.00 bits per heavy atom. The van der Waals surface area contributed by atoms with Crippen molar-refractivity contribution in [2.24, 2.45) is 0 Å². The van der Waals surface area contributed by atoms with Crippen LogP contribution >= 0.6 is 15.9 Å². The molecule has 88 valence electrons. The van der Waals surface area contributed by atoms with Gasteiger partial charge in [-0.2, -0.15) is 0 Å². The topological polar surface area (TPSA) is 32.3 Å². The van der Waals surface area contributed by atoms with Crippen LogP contribution < -0.4 is 5.32 Å². The smallest absolute Gasteiger partial charge is 0.166 e. The molecule has 0 radical (unpaired) electrons. The highest BCUT2D eigenvalue weighted by Gasteiger charge is 2.20. The van der Waals surface area contributed by atoms with Crippen molar-refractivity contribution in [3.8, 4) is 5.75 Å². The van der Waals surface area contributed by atoms with Crippen LogP contribution in [0.15, 0.2) is 10.5 Å². The van der Waals surface area contributed by atoms with Gasteiger partial charge in [0, 0.05) is 16.1 Å². The van der Waals surface area contributed by atoms with E-state index in [1.165, 1.54) is 6.07 Å². The van der Waals surface area contributed by atoms with Crippen LogP contribution in [0.25, 0.3) is 0 Å². The molecule has 1 saturated heterocycles. The Morgan fingerprint density at radius 1 is 1.62 bits per heavy atom. The van der Waals surface area contributed by atoms with Crippen molar-refractivity contribution in [2.45, 2.75) is 32.2 Å². The minimum absolute atomic E-state index is 0.200. The summed E-state index contributed by atoms with van der Waals surface area (Å²) < 4.78 is 14.1. The van der Waals surface area contributed by atoms with Gasteiger partial charge in [-0.05, 0) is 44.4 Å². The fourth-order valence-corrected chi connectivity index (χ4v) is 2.62. The molecule has 1 heterocycles. The van der Waals surface area contributed by atoms with E-state index < -0.39 is 5.82 Å². The molecule has 4 heteroatoms. The second kappa shape index (κ2) is 4.72. The molecule has 0 aliphatic carbocycles. The maximum Gasteiger partial charge on any atom is 0.166 e. The van der Waals surface area contributed by atoms with Crippen molar-refractivity contribution < 1.29 is 9.50 Å². The van der Waals surface area contributed by atoms with Crippen LogP contribution in [0, 0.1) is 12.7 Å². The predicted molar refractivity (Wildman–Crippen MR) is 65.2 cm³/mol. The van der Waals surface area contributed by atoms with Crippen molar-refractivity contribution in [3.05, 3.63) is 27.5 Å². The summed E-state index contributed by atoms with van der Waals surface area (Å²) >= 11 is 3.31. The third kappa shape index (κ3) is 2.23. The first-order chi connectivity index (χ1) is 7.59. The summed E-state index contributed by atoms with van der Waals surface area (Å²) in [5.41, 5.74) is 1.64. The molecule has 0 bridgehead atoms. The Hall–Kier alpha value is -0.610. The molecule has 0 saturated carbocycles. The Kier molecular flexibility index (Phi) is 3.50. The normalized spacial score (nSPS) is 20.3. The lowest BCUT2D eigenvalue weighted by atomic mass is 9.99. The average molecular weight is 288 g/mol. The van der Waals surface area contributed by atoms with E-state index in [1.807, 2.05) is 6.92 Å². The van der Waals surface area contributed by atoms with E-state index in [1.54, 1.807) is 0 Å². The Morgan fingerprint density at radius 2 is 2.38 bits per heavy atom. The Bertz CT molecular complexity index is 376. The van der Waals surface area contributed by atoms with E-state index in [9.17, 15) is 9.50 Å². The fourth-order valence-electron chi connectivity index (χ4n) is 2.18. The number of hydrogen-bond acceptors (Lipinski definition) is 2. The van der Waals surface area contributed by atoms with Gasteiger partial charge in [-0.3, -0.25) is 0 Å². The number of phenolic OH excluding ortho intramolecular Hbond substituents is 1. The Balaban J connectivity index is 2.31. The van der Waals surface area contributed by atoms with Gasteiger partial charge in [-0.1, -0.05) is 15.9 Å². The highest BCUT2D eigenvalue weighted by molar-refractivity contribution is 9.10. The summed E-state index contributed by atoms with van der Waals surface area (Å²) in [6.45, 7) is 2.91. The molecular weight excluding hydrogens is 273 g/mol. The van der Waals surface area contributed by atoms with Crippen LogP contribution in [-0.4, -0.2) is 17.7 Å². The van der Waals surface area contributed by atoms with Crippen LogP contribution in [0.2, 0.25) is 0 Å². The highest BCUT2D eigenvalue weighted by atomic mass is 79.9. The van der Waals surface area contributed by atoms with E-state index in [2.05, 4.69) is 21.2 Å². The van der Waals surface area contributed by atoms with E-state index in [0.717, 1.165) is 29.4 Å². The van der Waals surface area contributed by atoms with Gasteiger partial charge >= 0.3 is 0 Å².